The van der Waals surface area contributed by atoms with Gasteiger partial charge in [0.1, 0.15) is 5.82 Å². The van der Waals surface area contributed by atoms with E-state index in [4.69, 9.17) is 5.73 Å². The molecule has 1 aromatic carbocycles. The van der Waals surface area contributed by atoms with Crippen LogP contribution >= 0.6 is 15.9 Å². The lowest BCUT2D eigenvalue weighted by Gasteiger charge is -2.11. The molecule has 3 N–H and O–H groups in total. The molecule has 0 fully saturated rings. The first-order valence-electron chi connectivity index (χ1n) is 5.74. The second kappa shape index (κ2) is 4.98. The summed E-state index contributed by atoms with van der Waals surface area (Å²) in [5, 5.41) is 3.29. The predicted octanol–water partition coefficient (Wildman–Crippen LogP) is 4.10. The zero-order valence-corrected chi connectivity index (χ0v) is 12.3. The molecule has 0 radical (unpaired) electrons. The molecular formula is C14H16BrN3. The fourth-order valence-corrected chi connectivity index (χ4v) is 2.04. The van der Waals surface area contributed by atoms with Crippen LogP contribution in [0.25, 0.3) is 0 Å². The average molecular weight is 306 g/mol. The van der Waals surface area contributed by atoms with Crippen LogP contribution in [0.2, 0.25) is 0 Å². The molecule has 1 heterocycles. The first-order chi connectivity index (χ1) is 8.47. The van der Waals surface area contributed by atoms with Gasteiger partial charge in [-0.05, 0) is 56.2 Å². The third-order valence-corrected chi connectivity index (χ3v) is 4.09. The van der Waals surface area contributed by atoms with Gasteiger partial charge in [-0.15, -0.1) is 0 Å². The Bertz CT molecular complexity index is 571. The monoisotopic (exact) mass is 305 g/mol. The van der Waals surface area contributed by atoms with Gasteiger partial charge in [0.25, 0.3) is 0 Å². The van der Waals surface area contributed by atoms with Crippen LogP contribution in [-0.2, 0) is 0 Å². The summed E-state index contributed by atoms with van der Waals surface area (Å²) >= 11 is 3.56. The van der Waals surface area contributed by atoms with E-state index in [0.29, 0.717) is 5.69 Å². The number of hydrogen-bond donors (Lipinski definition) is 2. The van der Waals surface area contributed by atoms with E-state index in [0.717, 1.165) is 21.7 Å². The lowest BCUT2D eigenvalue weighted by atomic mass is 10.1. The molecule has 0 aliphatic carbocycles. The number of hydrogen-bond acceptors (Lipinski definition) is 3. The summed E-state index contributed by atoms with van der Waals surface area (Å²) in [5.74, 6) is 0.808. The first kappa shape index (κ1) is 12.9. The van der Waals surface area contributed by atoms with Crippen LogP contribution in [0.1, 0.15) is 16.8 Å². The second-order valence-corrected chi connectivity index (χ2v) is 5.21. The highest BCUT2D eigenvalue weighted by Gasteiger charge is 2.04. The third-order valence-electron chi connectivity index (χ3n) is 2.84. The van der Waals surface area contributed by atoms with Gasteiger partial charge in [0.05, 0.1) is 11.4 Å². The SMILES string of the molecule is Cc1cc(Nc2ccc(N)c(C)n2)cc(C)c1Br. The molecule has 2 rings (SSSR count). The largest absolute Gasteiger partial charge is 0.397 e. The second-order valence-electron chi connectivity index (χ2n) is 4.42. The zero-order valence-electron chi connectivity index (χ0n) is 10.7. The number of nitrogen functional groups attached to an aromatic ring is 1. The number of halogens is 1. The van der Waals surface area contributed by atoms with Crippen molar-refractivity contribution in [2.75, 3.05) is 11.1 Å². The van der Waals surface area contributed by atoms with E-state index >= 15 is 0 Å². The lowest BCUT2D eigenvalue weighted by Crippen LogP contribution is -1.99. The minimum absolute atomic E-state index is 0.712. The Kier molecular flexibility index (Phi) is 3.57. The van der Waals surface area contributed by atoms with Gasteiger partial charge in [0.15, 0.2) is 0 Å². The van der Waals surface area contributed by atoms with Crippen molar-refractivity contribution in [1.82, 2.24) is 4.98 Å². The topological polar surface area (TPSA) is 50.9 Å². The van der Waals surface area contributed by atoms with E-state index in [1.807, 2.05) is 19.1 Å². The Morgan fingerprint density at radius 1 is 1.11 bits per heavy atom. The molecule has 0 unspecified atom stereocenters. The number of benzene rings is 1. The number of nitrogens with two attached hydrogens (primary N) is 1. The average Bonchev–Trinajstić information content (AvgIpc) is 2.31. The summed E-state index contributed by atoms with van der Waals surface area (Å²) in [6.07, 6.45) is 0. The molecule has 2 aromatic rings. The van der Waals surface area contributed by atoms with Gasteiger partial charge in [-0.2, -0.15) is 0 Å². The summed E-state index contributed by atoms with van der Waals surface area (Å²) in [6.45, 7) is 6.05. The molecule has 0 saturated heterocycles. The Labute approximate surface area is 116 Å². The van der Waals surface area contributed by atoms with Crippen molar-refractivity contribution < 1.29 is 0 Å². The van der Waals surface area contributed by atoms with Crippen molar-refractivity contribution in [3.05, 3.63) is 45.6 Å². The maximum Gasteiger partial charge on any atom is 0.130 e. The first-order valence-corrected chi connectivity index (χ1v) is 6.53. The molecular weight excluding hydrogens is 290 g/mol. The molecule has 0 aliphatic heterocycles. The van der Waals surface area contributed by atoms with Crippen LogP contribution in [0.15, 0.2) is 28.7 Å². The van der Waals surface area contributed by atoms with Gasteiger partial charge in [0.2, 0.25) is 0 Å². The van der Waals surface area contributed by atoms with Crippen LogP contribution < -0.4 is 11.1 Å². The number of pyridine rings is 1. The maximum absolute atomic E-state index is 5.75. The predicted molar refractivity (Wildman–Crippen MR) is 80.3 cm³/mol. The smallest absolute Gasteiger partial charge is 0.130 e. The molecule has 94 valence electrons. The van der Waals surface area contributed by atoms with E-state index in [-0.39, 0.29) is 0 Å². The lowest BCUT2D eigenvalue weighted by molar-refractivity contribution is 1.20. The Balaban J connectivity index is 2.31. The van der Waals surface area contributed by atoms with Crippen molar-refractivity contribution in [1.29, 1.82) is 0 Å². The maximum atomic E-state index is 5.75. The minimum Gasteiger partial charge on any atom is -0.397 e. The molecule has 1 aromatic heterocycles. The summed E-state index contributed by atoms with van der Waals surface area (Å²) in [4.78, 5) is 4.40. The number of aryl methyl sites for hydroxylation is 3. The van der Waals surface area contributed by atoms with Crippen molar-refractivity contribution in [3.8, 4) is 0 Å². The number of anilines is 3. The number of rotatable bonds is 2. The number of aromatic nitrogens is 1. The van der Waals surface area contributed by atoms with Gasteiger partial charge in [-0.25, -0.2) is 4.98 Å². The fraction of sp³-hybridized carbons (Fsp3) is 0.214. The molecule has 4 heteroatoms. The molecule has 0 bridgehead atoms. The quantitative estimate of drug-likeness (QED) is 0.878. The van der Waals surface area contributed by atoms with Crippen molar-refractivity contribution >= 4 is 33.1 Å². The molecule has 0 aliphatic rings. The van der Waals surface area contributed by atoms with E-state index in [9.17, 15) is 0 Å². The highest BCUT2D eigenvalue weighted by atomic mass is 79.9. The number of nitrogens with zero attached hydrogens (tertiary/aromatic N) is 1. The summed E-state index contributed by atoms with van der Waals surface area (Å²) in [7, 11) is 0. The van der Waals surface area contributed by atoms with Crippen LogP contribution in [0.3, 0.4) is 0 Å². The van der Waals surface area contributed by atoms with Crippen LogP contribution in [0.4, 0.5) is 17.2 Å². The normalized spacial score (nSPS) is 10.4. The summed E-state index contributed by atoms with van der Waals surface area (Å²) in [6, 6.07) is 7.92. The molecule has 18 heavy (non-hydrogen) atoms. The standard InChI is InChI=1S/C14H16BrN3/c1-8-6-11(7-9(2)14(8)15)18-13-5-4-12(16)10(3)17-13/h4-7H,16H2,1-3H3,(H,17,18). The zero-order chi connectivity index (χ0) is 13.3. The highest BCUT2D eigenvalue weighted by molar-refractivity contribution is 9.10. The molecule has 0 saturated carbocycles. The Hall–Kier alpha value is -1.55. The van der Waals surface area contributed by atoms with E-state index < -0.39 is 0 Å². The Morgan fingerprint density at radius 2 is 1.72 bits per heavy atom. The highest BCUT2D eigenvalue weighted by Crippen LogP contribution is 2.26. The third kappa shape index (κ3) is 2.64. The van der Waals surface area contributed by atoms with Crippen molar-refractivity contribution in [3.63, 3.8) is 0 Å². The van der Waals surface area contributed by atoms with Crippen molar-refractivity contribution in [2.24, 2.45) is 0 Å². The number of nitrogens with one attached hydrogen (secondary N) is 1. The Morgan fingerprint density at radius 3 is 2.28 bits per heavy atom. The van der Waals surface area contributed by atoms with E-state index in [2.05, 4.69) is 52.2 Å². The minimum atomic E-state index is 0.712. The van der Waals surface area contributed by atoms with Crippen molar-refractivity contribution in [2.45, 2.75) is 20.8 Å². The fourth-order valence-electron chi connectivity index (χ4n) is 1.81. The molecule has 0 spiro atoms. The molecule has 0 amide bonds. The van der Waals surface area contributed by atoms with Gasteiger partial charge >= 0.3 is 0 Å². The van der Waals surface area contributed by atoms with Gasteiger partial charge in [-0.1, -0.05) is 15.9 Å². The molecule has 0 atom stereocenters. The summed E-state index contributed by atoms with van der Waals surface area (Å²) in [5.41, 5.74) is 10.7. The van der Waals surface area contributed by atoms with Crippen LogP contribution in [-0.4, -0.2) is 4.98 Å². The summed E-state index contributed by atoms with van der Waals surface area (Å²) < 4.78 is 1.15. The van der Waals surface area contributed by atoms with E-state index in [1.54, 1.807) is 0 Å². The van der Waals surface area contributed by atoms with Gasteiger partial charge in [0, 0.05) is 10.2 Å². The van der Waals surface area contributed by atoms with Gasteiger partial charge in [-0.3, -0.25) is 0 Å². The van der Waals surface area contributed by atoms with E-state index in [1.165, 1.54) is 11.1 Å². The molecule has 3 nitrogen and oxygen atoms in total. The van der Waals surface area contributed by atoms with Crippen LogP contribution in [0.5, 0.6) is 0 Å². The van der Waals surface area contributed by atoms with Gasteiger partial charge < -0.3 is 11.1 Å². The van der Waals surface area contributed by atoms with Crippen LogP contribution in [0, 0.1) is 20.8 Å².